The fourth-order valence-corrected chi connectivity index (χ4v) is 1.20. The van der Waals surface area contributed by atoms with Gasteiger partial charge in [0.15, 0.2) is 5.82 Å². The molecule has 0 fully saturated rings. The van der Waals surface area contributed by atoms with Crippen LogP contribution < -0.4 is 10.1 Å². The van der Waals surface area contributed by atoms with E-state index in [9.17, 15) is 0 Å². The van der Waals surface area contributed by atoms with Crippen molar-refractivity contribution >= 4 is 17.4 Å². The highest BCUT2D eigenvalue weighted by atomic mass is 35.5. The van der Waals surface area contributed by atoms with E-state index in [2.05, 4.69) is 15.3 Å². The van der Waals surface area contributed by atoms with Crippen molar-refractivity contribution in [2.75, 3.05) is 19.0 Å². The zero-order valence-corrected chi connectivity index (χ0v) is 9.45. The van der Waals surface area contributed by atoms with E-state index < -0.39 is 0 Å². The van der Waals surface area contributed by atoms with Gasteiger partial charge in [0.25, 0.3) is 0 Å². The van der Waals surface area contributed by atoms with Crippen LogP contribution in [0, 0.1) is 0 Å². The second-order valence-electron chi connectivity index (χ2n) is 3.11. The number of ether oxygens (including phenoxy) is 1. The molecule has 0 aromatic carbocycles. The molecule has 6 heteroatoms. The van der Waals surface area contributed by atoms with Crippen molar-refractivity contribution in [1.29, 1.82) is 0 Å². The number of nitrogens with zero attached hydrogens (tertiary/aromatic N) is 2. The molecule has 1 aromatic rings. The van der Waals surface area contributed by atoms with Gasteiger partial charge in [-0.1, -0.05) is 11.6 Å². The van der Waals surface area contributed by atoms with Crippen LogP contribution in [0.15, 0.2) is 6.20 Å². The molecule has 0 radical (unpaired) electrons. The molecule has 1 rings (SSSR count). The van der Waals surface area contributed by atoms with Crippen LogP contribution in [0.1, 0.15) is 13.3 Å². The van der Waals surface area contributed by atoms with Crippen molar-refractivity contribution in [3.8, 4) is 6.01 Å². The van der Waals surface area contributed by atoms with Crippen LogP contribution in [-0.4, -0.2) is 34.8 Å². The molecule has 1 heterocycles. The Labute approximate surface area is 93.5 Å². The maximum absolute atomic E-state index is 8.75. The second kappa shape index (κ2) is 5.72. The van der Waals surface area contributed by atoms with Gasteiger partial charge in [-0.3, -0.25) is 0 Å². The van der Waals surface area contributed by atoms with E-state index in [1.54, 1.807) is 0 Å². The molecule has 1 unspecified atom stereocenters. The van der Waals surface area contributed by atoms with Gasteiger partial charge in [0, 0.05) is 12.6 Å². The van der Waals surface area contributed by atoms with Gasteiger partial charge in [-0.25, -0.2) is 4.98 Å². The zero-order valence-electron chi connectivity index (χ0n) is 8.70. The number of hydrogen-bond donors (Lipinski definition) is 2. The lowest BCUT2D eigenvalue weighted by atomic mass is 10.2. The number of halogens is 1. The molecule has 0 spiro atoms. The molecule has 0 bridgehead atoms. The first-order chi connectivity index (χ1) is 7.17. The Hall–Kier alpha value is -1.07. The normalized spacial score (nSPS) is 12.3. The Morgan fingerprint density at radius 1 is 1.67 bits per heavy atom. The molecule has 1 atom stereocenters. The molecular formula is C9H14ClN3O2. The van der Waals surface area contributed by atoms with Gasteiger partial charge < -0.3 is 15.2 Å². The molecule has 0 saturated carbocycles. The Morgan fingerprint density at radius 3 is 3.00 bits per heavy atom. The minimum absolute atomic E-state index is 0.0899. The topological polar surface area (TPSA) is 67.3 Å². The quantitative estimate of drug-likeness (QED) is 0.800. The van der Waals surface area contributed by atoms with Crippen molar-refractivity contribution in [3.63, 3.8) is 0 Å². The summed E-state index contributed by atoms with van der Waals surface area (Å²) in [5, 5.41) is 12.2. The number of hydrogen-bond acceptors (Lipinski definition) is 5. The van der Waals surface area contributed by atoms with Crippen LogP contribution in [0.25, 0.3) is 0 Å². The minimum atomic E-state index is 0.0899. The van der Waals surface area contributed by atoms with Gasteiger partial charge in [-0.05, 0) is 13.3 Å². The van der Waals surface area contributed by atoms with Crippen LogP contribution in [0.2, 0.25) is 5.02 Å². The zero-order chi connectivity index (χ0) is 11.3. The summed E-state index contributed by atoms with van der Waals surface area (Å²) >= 11 is 5.89. The third kappa shape index (κ3) is 3.53. The fourth-order valence-electron chi connectivity index (χ4n) is 1.05. The maximum Gasteiger partial charge on any atom is 0.318 e. The molecule has 0 aliphatic rings. The van der Waals surface area contributed by atoms with Gasteiger partial charge in [0.1, 0.15) is 5.02 Å². The maximum atomic E-state index is 8.75. The van der Waals surface area contributed by atoms with Gasteiger partial charge in [0.2, 0.25) is 0 Å². The van der Waals surface area contributed by atoms with E-state index in [0.717, 1.165) is 0 Å². The molecule has 0 saturated heterocycles. The predicted octanol–water partition coefficient (Wildman–Crippen LogP) is 1.32. The highest BCUT2D eigenvalue weighted by Gasteiger charge is 2.08. The summed E-state index contributed by atoms with van der Waals surface area (Å²) < 4.78 is 4.88. The lowest BCUT2D eigenvalue weighted by Gasteiger charge is -2.14. The predicted molar refractivity (Wildman–Crippen MR) is 58.4 cm³/mol. The average Bonchev–Trinajstić information content (AvgIpc) is 2.21. The standard InChI is InChI=1S/C9H14ClN3O2/c1-6(3-4-14)12-8-7(10)5-11-9(13-8)15-2/h5-6,14H,3-4H2,1-2H3,(H,11,12,13). The van der Waals surface area contributed by atoms with Gasteiger partial charge in [-0.15, -0.1) is 0 Å². The molecular weight excluding hydrogens is 218 g/mol. The highest BCUT2D eigenvalue weighted by molar-refractivity contribution is 6.32. The van der Waals surface area contributed by atoms with Crippen LogP contribution >= 0.6 is 11.6 Å². The number of anilines is 1. The minimum Gasteiger partial charge on any atom is -0.467 e. The summed E-state index contributed by atoms with van der Waals surface area (Å²) in [5.74, 6) is 0.518. The molecule has 15 heavy (non-hydrogen) atoms. The third-order valence-electron chi connectivity index (χ3n) is 1.85. The number of aliphatic hydroxyl groups excluding tert-OH is 1. The van der Waals surface area contributed by atoms with E-state index in [4.69, 9.17) is 21.4 Å². The summed E-state index contributed by atoms with van der Waals surface area (Å²) in [6.07, 6.45) is 2.10. The lowest BCUT2D eigenvalue weighted by Crippen LogP contribution is -2.18. The Bertz CT molecular complexity index is 322. The molecule has 0 amide bonds. The molecule has 84 valence electrons. The number of aliphatic hydroxyl groups is 1. The lowest BCUT2D eigenvalue weighted by molar-refractivity contribution is 0.282. The van der Waals surface area contributed by atoms with Gasteiger partial charge in [-0.2, -0.15) is 4.98 Å². The van der Waals surface area contributed by atoms with Crippen molar-refractivity contribution < 1.29 is 9.84 Å². The smallest absolute Gasteiger partial charge is 0.318 e. The first-order valence-electron chi connectivity index (χ1n) is 4.61. The Balaban J connectivity index is 2.74. The monoisotopic (exact) mass is 231 g/mol. The van der Waals surface area contributed by atoms with Crippen LogP contribution in [-0.2, 0) is 0 Å². The largest absolute Gasteiger partial charge is 0.467 e. The number of nitrogens with one attached hydrogen (secondary N) is 1. The van der Waals surface area contributed by atoms with Crippen LogP contribution in [0.4, 0.5) is 5.82 Å². The summed E-state index contributed by atoms with van der Waals surface area (Å²) in [5.41, 5.74) is 0. The first kappa shape index (κ1) is 12.0. The molecule has 0 aliphatic heterocycles. The molecule has 0 aliphatic carbocycles. The average molecular weight is 232 g/mol. The van der Waals surface area contributed by atoms with Gasteiger partial charge >= 0.3 is 6.01 Å². The first-order valence-corrected chi connectivity index (χ1v) is 4.99. The van der Waals surface area contributed by atoms with Gasteiger partial charge in [0.05, 0.1) is 13.3 Å². The summed E-state index contributed by atoms with van der Waals surface area (Å²) in [4.78, 5) is 7.91. The third-order valence-corrected chi connectivity index (χ3v) is 2.13. The second-order valence-corrected chi connectivity index (χ2v) is 3.52. The summed E-state index contributed by atoms with van der Waals surface area (Å²) in [6.45, 7) is 2.05. The van der Waals surface area contributed by atoms with Crippen molar-refractivity contribution in [2.24, 2.45) is 0 Å². The van der Waals surface area contributed by atoms with Crippen molar-refractivity contribution in [1.82, 2.24) is 9.97 Å². The number of aromatic nitrogens is 2. The molecule has 1 aromatic heterocycles. The summed E-state index contributed by atoms with van der Waals surface area (Å²) in [6, 6.07) is 0.352. The Kier molecular flexibility index (Phi) is 4.58. The number of methoxy groups -OCH3 is 1. The summed E-state index contributed by atoms with van der Waals surface area (Å²) in [7, 11) is 1.49. The van der Waals surface area contributed by atoms with E-state index >= 15 is 0 Å². The van der Waals surface area contributed by atoms with E-state index in [-0.39, 0.29) is 18.7 Å². The van der Waals surface area contributed by atoms with Crippen molar-refractivity contribution in [2.45, 2.75) is 19.4 Å². The molecule has 5 nitrogen and oxygen atoms in total. The van der Waals surface area contributed by atoms with Crippen LogP contribution in [0.3, 0.4) is 0 Å². The van der Waals surface area contributed by atoms with E-state index in [1.807, 2.05) is 6.92 Å². The van der Waals surface area contributed by atoms with E-state index in [1.165, 1.54) is 13.3 Å². The Morgan fingerprint density at radius 2 is 2.40 bits per heavy atom. The van der Waals surface area contributed by atoms with Crippen LogP contribution in [0.5, 0.6) is 6.01 Å². The number of rotatable bonds is 5. The van der Waals surface area contributed by atoms with E-state index in [0.29, 0.717) is 17.3 Å². The SMILES string of the molecule is COc1ncc(Cl)c(NC(C)CCO)n1. The molecule has 2 N–H and O–H groups in total. The van der Waals surface area contributed by atoms with Crippen molar-refractivity contribution in [3.05, 3.63) is 11.2 Å². The fraction of sp³-hybridized carbons (Fsp3) is 0.556. The highest BCUT2D eigenvalue weighted by Crippen LogP contribution is 2.21.